The molecule has 0 spiro atoms. The number of carboxylic acid groups (broad SMARTS) is 1. The maximum atomic E-state index is 11.6. The van der Waals surface area contributed by atoms with Crippen LogP contribution in [0.1, 0.15) is 26.3 Å². The van der Waals surface area contributed by atoms with Crippen molar-refractivity contribution in [1.82, 2.24) is 4.98 Å². The van der Waals surface area contributed by atoms with Gasteiger partial charge in [-0.25, -0.2) is 4.79 Å². The molecule has 28 heavy (non-hydrogen) atoms. The molecule has 0 saturated heterocycles. The molecule has 0 aliphatic heterocycles. The second-order valence-corrected chi connectivity index (χ2v) is 6.05. The lowest BCUT2D eigenvalue weighted by Crippen LogP contribution is -2.18. The summed E-state index contributed by atoms with van der Waals surface area (Å²) in [6, 6.07) is 15.4. The van der Waals surface area contributed by atoms with E-state index in [-0.39, 0.29) is 11.1 Å². The van der Waals surface area contributed by atoms with Crippen molar-refractivity contribution < 1.29 is 19.4 Å². The van der Waals surface area contributed by atoms with E-state index in [1.807, 2.05) is 23.1 Å². The maximum absolute atomic E-state index is 11.6. The zero-order valence-corrected chi connectivity index (χ0v) is 15.2. The van der Waals surface area contributed by atoms with E-state index in [2.05, 4.69) is 4.98 Å². The number of carboxylic acids is 1. The molecule has 3 N–H and O–H groups in total. The first-order valence-corrected chi connectivity index (χ1v) is 8.47. The van der Waals surface area contributed by atoms with Gasteiger partial charge in [0.25, 0.3) is 5.91 Å². The van der Waals surface area contributed by atoms with Crippen molar-refractivity contribution in [2.45, 2.75) is 6.54 Å². The summed E-state index contributed by atoms with van der Waals surface area (Å²) >= 11 is 0. The van der Waals surface area contributed by atoms with Crippen LogP contribution in [0.3, 0.4) is 0 Å². The molecule has 0 radical (unpaired) electrons. The lowest BCUT2D eigenvalue weighted by Gasteiger charge is -2.26. The molecule has 3 aromatic rings. The Kier molecular flexibility index (Phi) is 5.55. The maximum Gasteiger partial charge on any atom is 0.335 e. The summed E-state index contributed by atoms with van der Waals surface area (Å²) in [4.78, 5) is 29.0. The summed E-state index contributed by atoms with van der Waals surface area (Å²) in [5, 5.41) is 9.33. The van der Waals surface area contributed by atoms with Gasteiger partial charge in [0, 0.05) is 36.4 Å². The third kappa shape index (κ3) is 4.09. The molecule has 0 bridgehead atoms. The van der Waals surface area contributed by atoms with Crippen molar-refractivity contribution in [3.63, 3.8) is 0 Å². The summed E-state index contributed by atoms with van der Waals surface area (Å²) in [5.74, 6) is -1.25. The number of carbonyl (C=O) groups excluding carboxylic acids is 1. The zero-order chi connectivity index (χ0) is 20.1. The molecule has 1 amide bonds. The quantitative estimate of drug-likeness (QED) is 0.655. The Bertz CT molecular complexity index is 1010. The average molecular weight is 377 g/mol. The smallest absolute Gasteiger partial charge is 0.335 e. The molecule has 0 aliphatic carbocycles. The van der Waals surface area contributed by atoms with Crippen molar-refractivity contribution in [2.75, 3.05) is 12.0 Å². The van der Waals surface area contributed by atoms with Crippen LogP contribution < -0.4 is 15.4 Å². The Labute approximate surface area is 162 Å². The van der Waals surface area contributed by atoms with E-state index < -0.39 is 11.9 Å². The topological polar surface area (TPSA) is 106 Å². The van der Waals surface area contributed by atoms with Gasteiger partial charge < -0.3 is 20.5 Å². The molecule has 7 heteroatoms. The number of carbonyl (C=O) groups is 2. The molecule has 1 aromatic heterocycles. The number of aromatic nitrogens is 1. The van der Waals surface area contributed by atoms with Crippen LogP contribution in [-0.4, -0.2) is 29.1 Å². The minimum absolute atomic E-state index is 0.175. The average Bonchev–Trinajstić information content (AvgIpc) is 2.72. The molecule has 2 aromatic carbocycles. The van der Waals surface area contributed by atoms with Gasteiger partial charge in [-0.3, -0.25) is 9.78 Å². The van der Waals surface area contributed by atoms with E-state index in [9.17, 15) is 14.7 Å². The molecule has 7 nitrogen and oxygen atoms in total. The molecule has 0 fully saturated rings. The Morgan fingerprint density at radius 3 is 2.54 bits per heavy atom. The van der Waals surface area contributed by atoms with Crippen molar-refractivity contribution in [2.24, 2.45) is 5.73 Å². The van der Waals surface area contributed by atoms with Gasteiger partial charge in [0.2, 0.25) is 0 Å². The largest absolute Gasteiger partial charge is 0.496 e. The van der Waals surface area contributed by atoms with Crippen molar-refractivity contribution >= 4 is 23.3 Å². The second kappa shape index (κ2) is 8.22. The van der Waals surface area contributed by atoms with Gasteiger partial charge in [0.1, 0.15) is 5.75 Å². The van der Waals surface area contributed by atoms with Crippen LogP contribution >= 0.6 is 0 Å². The van der Waals surface area contributed by atoms with E-state index in [1.54, 1.807) is 42.7 Å². The van der Waals surface area contributed by atoms with E-state index >= 15 is 0 Å². The first kappa shape index (κ1) is 18.9. The number of nitrogens with two attached hydrogens (primary N) is 1. The monoisotopic (exact) mass is 377 g/mol. The van der Waals surface area contributed by atoms with Gasteiger partial charge in [0.05, 0.1) is 18.2 Å². The van der Waals surface area contributed by atoms with Crippen LogP contribution in [0.25, 0.3) is 0 Å². The number of primary amides is 1. The van der Waals surface area contributed by atoms with Gasteiger partial charge >= 0.3 is 5.97 Å². The lowest BCUT2D eigenvalue weighted by atomic mass is 10.1. The molecule has 1 heterocycles. The number of methoxy groups -OCH3 is 1. The molecule has 0 aliphatic rings. The summed E-state index contributed by atoms with van der Waals surface area (Å²) in [6.07, 6.45) is 3.42. The molecule has 0 saturated carbocycles. The van der Waals surface area contributed by atoms with Gasteiger partial charge in [-0.2, -0.15) is 0 Å². The van der Waals surface area contributed by atoms with E-state index in [0.29, 0.717) is 23.7 Å². The van der Waals surface area contributed by atoms with Crippen LogP contribution in [0.15, 0.2) is 67.0 Å². The van der Waals surface area contributed by atoms with Crippen LogP contribution in [0.2, 0.25) is 0 Å². The Morgan fingerprint density at radius 1 is 1.11 bits per heavy atom. The number of pyridine rings is 1. The summed E-state index contributed by atoms with van der Waals surface area (Å²) in [6.45, 7) is 0.440. The summed E-state index contributed by atoms with van der Waals surface area (Å²) in [7, 11) is 1.46. The number of benzene rings is 2. The number of anilines is 2. The second-order valence-electron chi connectivity index (χ2n) is 6.05. The summed E-state index contributed by atoms with van der Waals surface area (Å²) < 4.78 is 5.31. The van der Waals surface area contributed by atoms with E-state index in [1.165, 1.54) is 13.2 Å². The SMILES string of the molecule is COc1cc(N(Cc2cccnc2)c2cccc(C(=O)O)c2)ccc1C(N)=O. The van der Waals surface area contributed by atoms with Crippen LogP contribution in [0, 0.1) is 0 Å². The van der Waals surface area contributed by atoms with Gasteiger partial charge in [-0.1, -0.05) is 12.1 Å². The Balaban J connectivity index is 2.10. The number of hydrogen-bond donors (Lipinski definition) is 2. The molecule has 0 unspecified atom stereocenters. The number of amides is 1. The molecular formula is C21H19N3O4. The number of ether oxygens (including phenoxy) is 1. The molecule has 3 rings (SSSR count). The first-order chi connectivity index (χ1) is 13.5. The molecular weight excluding hydrogens is 358 g/mol. The number of nitrogens with zero attached hydrogens (tertiary/aromatic N) is 2. The van der Waals surface area contributed by atoms with Crippen LogP contribution in [0.4, 0.5) is 11.4 Å². The third-order valence-electron chi connectivity index (χ3n) is 4.23. The highest BCUT2D eigenvalue weighted by atomic mass is 16.5. The van der Waals surface area contributed by atoms with Crippen LogP contribution in [0.5, 0.6) is 5.75 Å². The lowest BCUT2D eigenvalue weighted by molar-refractivity contribution is 0.0696. The highest BCUT2D eigenvalue weighted by Gasteiger charge is 2.16. The number of rotatable bonds is 7. The predicted molar refractivity (Wildman–Crippen MR) is 105 cm³/mol. The highest BCUT2D eigenvalue weighted by molar-refractivity contribution is 5.96. The van der Waals surface area contributed by atoms with Gasteiger partial charge in [-0.05, 0) is 42.0 Å². The van der Waals surface area contributed by atoms with Gasteiger partial charge in [-0.15, -0.1) is 0 Å². The van der Waals surface area contributed by atoms with Gasteiger partial charge in [0.15, 0.2) is 0 Å². The fourth-order valence-corrected chi connectivity index (χ4v) is 2.86. The van der Waals surface area contributed by atoms with Crippen LogP contribution in [-0.2, 0) is 6.54 Å². The molecule has 142 valence electrons. The predicted octanol–water partition coefficient (Wildman–Crippen LogP) is 3.23. The number of hydrogen-bond acceptors (Lipinski definition) is 5. The minimum atomic E-state index is -1.01. The Morgan fingerprint density at radius 2 is 1.89 bits per heavy atom. The standard InChI is InChI=1S/C21H19N3O4/c1-28-19-11-17(7-8-18(19)20(22)25)24(13-14-4-3-9-23-12-14)16-6-2-5-15(10-16)21(26)27/h2-12H,13H2,1H3,(H2,22,25)(H,26,27). The Hall–Kier alpha value is -3.87. The van der Waals surface area contributed by atoms with E-state index in [0.717, 1.165) is 5.56 Å². The molecule has 0 atom stereocenters. The fourth-order valence-electron chi connectivity index (χ4n) is 2.86. The minimum Gasteiger partial charge on any atom is -0.496 e. The van der Waals surface area contributed by atoms with Crippen molar-refractivity contribution in [3.05, 3.63) is 83.7 Å². The third-order valence-corrected chi connectivity index (χ3v) is 4.23. The van der Waals surface area contributed by atoms with E-state index in [4.69, 9.17) is 10.5 Å². The van der Waals surface area contributed by atoms with Crippen molar-refractivity contribution in [1.29, 1.82) is 0 Å². The summed E-state index contributed by atoms with van der Waals surface area (Å²) in [5.41, 5.74) is 8.17. The first-order valence-electron chi connectivity index (χ1n) is 8.47. The number of aromatic carboxylic acids is 1. The zero-order valence-electron chi connectivity index (χ0n) is 15.2. The van der Waals surface area contributed by atoms with Crippen molar-refractivity contribution in [3.8, 4) is 5.75 Å². The fraction of sp³-hybridized carbons (Fsp3) is 0.0952. The normalized spacial score (nSPS) is 10.3. The highest BCUT2D eigenvalue weighted by Crippen LogP contribution is 2.32.